The third kappa shape index (κ3) is 4.67. The van der Waals surface area contributed by atoms with Gasteiger partial charge in [0.25, 0.3) is 0 Å². The van der Waals surface area contributed by atoms with E-state index >= 15 is 0 Å². The van der Waals surface area contributed by atoms with Crippen molar-refractivity contribution in [3.05, 3.63) is 29.8 Å². The number of benzene rings is 1. The molecule has 1 heterocycles. The normalized spacial score (nSPS) is 16.9. The Hall–Kier alpha value is -1.35. The van der Waals surface area contributed by atoms with E-state index in [2.05, 4.69) is 4.90 Å². The first-order valence-corrected chi connectivity index (χ1v) is 7.22. The maximum Gasteiger partial charge on any atom is 0.159 e. The van der Waals surface area contributed by atoms with Crippen LogP contribution in [0.1, 0.15) is 43.0 Å². The summed E-state index contributed by atoms with van der Waals surface area (Å²) in [5.41, 5.74) is 0.715. The number of likely N-dealkylation sites (tertiary alicyclic amines) is 1. The zero-order valence-corrected chi connectivity index (χ0v) is 11.7. The van der Waals surface area contributed by atoms with Gasteiger partial charge in [-0.25, -0.2) is 0 Å². The van der Waals surface area contributed by atoms with Gasteiger partial charge < -0.3 is 4.74 Å². The molecule has 1 aromatic carbocycles. The molecule has 1 fully saturated rings. The van der Waals surface area contributed by atoms with Crippen LogP contribution < -0.4 is 4.74 Å². The highest BCUT2D eigenvalue weighted by Crippen LogP contribution is 2.14. The largest absolute Gasteiger partial charge is 0.492 e. The number of rotatable bonds is 5. The summed E-state index contributed by atoms with van der Waals surface area (Å²) < 4.78 is 5.75. The van der Waals surface area contributed by atoms with Crippen LogP contribution in [0.5, 0.6) is 5.75 Å². The van der Waals surface area contributed by atoms with Gasteiger partial charge in [0.05, 0.1) is 0 Å². The molecule has 1 aromatic rings. The Balaban J connectivity index is 1.78. The Labute approximate surface area is 115 Å². The van der Waals surface area contributed by atoms with Gasteiger partial charge in [-0.3, -0.25) is 9.69 Å². The fourth-order valence-corrected chi connectivity index (χ4v) is 2.46. The summed E-state index contributed by atoms with van der Waals surface area (Å²) in [4.78, 5) is 13.8. The van der Waals surface area contributed by atoms with E-state index in [-0.39, 0.29) is 5.78 Å². The Bertz CT molecular complexity index is 409. The van der Waals surface area contributed by atoms with Gasteiger partial charge in [0.2, 0.25) is 0 Å². The minimum Gasteiger partial charge on any atom is -0.492 e. The first-order valence-electron chi connectivity index (χ1n) is 7.22. The highest BCUT2D eigenvalue weighted by molar-refractivity contribution is 5.94. The molecule has 1 aliphatic rings. The molecule has 0 amide bonds. The molecule has 0 bridgehead atoms. The van der Waals surface area contributed by atoms with Gasteiger partial charge >= 0.3 is 0 Å². The SMILES string of the molecule is CC(=O)c1cccc(OCCN2CCCCCC2)c1. The average molecular weight is 261 g/mol. The maximum atomic E-state index is 11.3. The second kappa shape index (κ2) is 7.29. The van der Waals surface area contributed by atoms with Gasteiger partial charge in [0, 0.05) is 12.1 Å². The van der Waals surface area contributed by atoms with E-state index < -0.39 is 0 Å². The predicted molar refractivity (Wildman–Crippen MR) is 76.8 cm³/mol. The number of carbonyl (C=O) groups is 1. The lowest BCUT2D eigenvalue weighted by molar-refractivity contribution is 0.101. The van der Waals surface area contributed by atoms with Crippen LogP contribution in [0.25, 0.3) is 0 Å². The molecular weight excluding hydrogens is 238 g/mol. The summed E-state index contributed by atoms with van der Waals surface area (Å²) in [5.74, 6) is 0.875. The molecule has 3 nitrogen and oxygen atoms in total. The lowest BCUT2D eigenvalue weighted by atomic mass is 10.1. The molecule has 1 aliphatic heterocycles. The van der Waals surface area contributed by atoms with E-state index in [1.54, 1.807) is 6.92 Å². The van der Waals surface area contributed by atoms with Gasteiger partial charge in [-0.15, -0.1) is 0 Å². The molecule has 0 aliphatic carbocycles. The molecule has 1 saturated heterocycles. The van der Waals surface area contributed by atoms with Crippen LogP contribution in [0.2, 0.25) is 0 Å². The van der Waals surface area contributed by atoms with Crippen molar-refractivity contribution in [2.24, 2.45) is 0 Å². The van der Waals surface area contributed by atoms with E-state index in [4.69, 9.17) is 4.74 Å². The second-order valence-corrected chi connectivity index (χ2v) is 5.19. The Kier molecular flexibility index (Phi) is 5.40. The van der Waals surface area contributed by atoms with Gasteiger partial charge in [-0.2, -0.15) is 0 Å². The minimum absolute atomic E-state index is 0.0815. The van der Waals surface area contributed by atoms with Crippen LogP contribution >= 0.6 is 0 Å². The van der Waals surface area contributed by atoms with Crippen LogP contribution in [0.15, 0.2) is 24.3 Å². The molecule has 2 rings (SSSR count). The third-order valence-corrected chi connectivity index (χ3v) is 3.62. The van der Waals surface area contributed by atoms with Crippen molar-refractivity contribution in [3.63, 3.8) is 0 Å². The predicted octanol–water partition coefficient (Wildman–Crippen LogP) is 3.14. The van der Waals surface area contributed by atoms with E-state index in [1.165, 1.54) is 38.8 Å². The maximum absolute atomic E-state index is 11.3. The van der Waals surface area contributed by atoms with E-state index in [0.29, 0.717) is 12.2 Å². The van der Waals surface area contributed by atoms with Crippen LogP contribution in [-0.4, -0.2) is 36.9 Å². The molecule has 0 unspecified atom stereocenters. The van der Waals surface area contributed by atoms with Crippen LogP contribution in [-0.2, 0) is 0 Å². The second-order valence-electron chi connectivity index (χ2n) is 5.19. The van der Waals surface area contributed by atoms with Crippen molar-refractivity contribution in [2.45, 2.75) is 32.6 Å². The molecular formula is C16H23NO2. The average Bonchev–Trinajstić information content (AvgIpc) is 2.68. The van der Waals surface area contributed by atoms with Crippen molar-refractivity contribution >= 4 is 5.78 Å². The lowest BCUT2D eigenvalue weighted by Gasteiger charge is -2.19. The molecule has 0 spiro atoms. The van der Waals surface area contributed by atoms with Crippen molar-refractivity contribution < 1.29 is 9.53 Å². The van der Waals surface area contributed by atoms with Crippen molar-refractivity contribution in [1.29, 1.82) is 0 Å². The summed E-state index contributed by atoms with van der Waals surface area (Å²) in [5, 5.41) is 0. The van der Waals surface area contributed by atoms with Crippen LogP contribution in [0, 0.1) is 0 Å². The van der Waals surface area contributed by atoms with Crippen LogP contribution in [0.3, 0.4) is 0 Å². The zero-order valence-electron chi connectivity index (χ0n) is 11.7. The number of ether oxygens (including phenoxy) is 1. The Morgan fingerprint density at radius 3 is 2.63 bits per heavy atom. The lowest BCUT2D eigenvalue weighted by Crippen LogP contribution is -2.29. The smallest absolute Gasteiger partial charge is 0.159 e. The molecule has 0 N–H and O–H groups in total. The quantitative estimate of drug-likeness (QED) is 0.763. The summed E-state index contributed by atoms with van der Waals surface area (Å²) in [6.07, 6.45) is 5.33. The van der Waals surface area contributed by atoms with Crippen molar-refractivity contribution in [3.8, 4) is 5.75 Å². The third-order valence-electron chi connectivity index (χ3n) is 3.62. The van der Waals surface area contributed by atoms with E-state index in [0.717, 1.165) is 12.3 Å². The summed E-state index contributed by atoms with van der Waals surface area (Å²) >= 11 is 0. The van der Waals surface area contributed by atoms with Crippen molar-refractivity contribution in [1.82, 2.24) is 4.90 Å². The summed E-state index contributed by atoms with van der Waals surface area (Å²) in [6, 6.07) is 7.43. The standard InChI is InChI=1S/C16H23NO2/c1-14(18)15-7-6-8-16(13-15)19-12-11-17-9-4-2-3-5-10-17/h6-8,13H,2-5,9-12H2,1H3. The van der Waals surface area contributed by atoms with E-state index in [1.807, 2.05) is 24.3 Å². The number of hydrogen-bond acceptors (Lipinski definition) is 3. The number of nitrogens with zero attached hydrogens (tertiary/aromatic N) is 1. The first-order chi connectivity index (χ1) is 9.25. The molecule has 0 saturated carbocycles. The number of Topliss-reactive ketones (excluding diaryl/α,β-unsaturated/α-hetero) is 1. The number of hydrogen-bond donors (Lipinski definition) is 0. The fraction of sp³-hybridized carbons (Fsp3) is 0.562. The highest BCUT2D eigenvalue weighted by Gasteiger charge is 2.08. The Morgan fingerprint density at radius 2 is 1.95 bits per heavy atom. The number of carbonyl (C=O) groups excluding carboxylic acids is 1. The molecule has 0 radical (unpaired) electrons. The minimum atomic E-state index is 0.0815. The van der Waals surface area contributed by atoms with Gasteiger partial charge in [0.1, 0.15) is 12.4 Å². The van der Waals surface area contributed by atoms with E-state index in [9.17, 15) is 4.79 Å². The highest BCUT2D eigenvalue weighted by atomic mass is 16.5. The summed E-state index contributed by atoms with van der Waals surface area (Å²) in [7, 11) is 0. The molecule has 3 heteroatoms. The molecule has 0 atom stereocenters. The monoisotopic (exact) mass is 261 g/mol. The van der Waals surface area contributed by atoms with Gasteiger partial charge in [-0.1, -0.05) is 25.0 Å². The molecule has 0 aromatic heterocycles. The Morgan fingerprint density at radius 1 is 1.21 bits per heavy atom. The van der Waals surface area contributed by atoms with Gasteiger partial charge in [-0.05, 0) is 45.0 Å². The van der Waals surface area contributed by atoms with Crippen molar-refractivity contribution in [2.75, 3.05) is 26.2 Å². The topological polar surface area (TPSA) is 29.5 Å². The van der Waals surface area contributed by atoms with Gasteiger partial charge in [0.15, 0.2) is 5.78 Å². The van der Waals surface area contributed by atoms with Crippen LogP contribution in [0.4, 0.5) is 0 Å². The first kappa shape index (κ1) is 14.1. The molecule has 19 heavy (non-hydrogen) atoms. The molecule has 104 valence electrons. The zero-order chi connectivity index (χ0) is 13.5. The summed E-state index contributed by atoms with van der Waals surface area (Å²) in [6.45, 7) is 5.63. The fourth-order valence-electron chi connectivity index (χ4n) is 2.46. The number of ketones is 1.